The van der Waals surface area contributed by atoms with Gasteiger partial charge in [-0.1, -0.05) is 0 Å². The van der Waals surface area contributed by atoms with E-state index in [1.165, 1.54) is 0 Å². The predicted octanol–water partition coefficient (Wildman–Crippen LogP) is 5.54. The number of carbonyl (C=O) groups is 3. The SMILES string of the molecule is O.O=C(C=C(O)C(F)(F)F)C(F)(F)F.O=C(C=C(O)C(F)(F)F)C(F)(F)F.O=C(C=C(O)C(F)(F)F)C(F)(F)F.[Y]. The maximum Gasteiger partial charge on any atom is 0.454 e. The summed E-state index contributed by atoms with van der Waals surface area (Å²) in [6.45, 7) is 0. The van der Waals surface area contributed by atoms with Crippen molar-refractivity contribution in [2.75, 3.05) is 0 Å². The minimum absolute atomic E-state index is 0. The van der Waals surface area contributed by atoms with E-state index in [9.17, 15) is 93.4 Å². The van der Waals surface area contributed by atoms with Crippen molar-refractivity contribution in [1.82, 2.24) is 0 Å². The van der Waals surface area contributed by atoms with E-state index >= 15 is 0 Å². The molecule has 0 atom stereocenters. The topological polar surface area (TPSA) is 143 Å². The third-order valence-corrected chi connectivity index (χ3v) is 2.51. The first-order valence-corrected chi connectivity index (χ1v) is 7.92. The second-order valence-electron chi connectivity index (χ2n) is 5.67. The molecule has 5 N–H and O–H groups in total. The van der Waals surface area contributed by atoms with E-state index in [1.807, 2.05) is 0 Å². The van der Waals surface area contributed by atoms with Crippen molar-refractivity contribution in [2.24, 2.45) is 0 Å². The number of allylic oxidation sites excluding steroid dienone is 6. The number of alkyl halides is 18. The zero-order valence-electron chi connectivity index (χ0n) is 18.2. The number of aliphatic hydroxyl groups is 3. The molecule has 0 fully saturated rings. The number of carbonyl (C=O) groups excluding carboxylic acids is 3. The number of hydrogen-bond acceptors (Lipinski definition) is 6. The van der Waals surface area contributed by atoms with Crippen molar-refractivity contribution in [3.8, 4) is 0 Å². The third-order valence-electron chi connectivity index (χ3n) is 2.51. The molecule has 0 rings (SSSR count). The average molecular weight is 731 g/mol. The van der Waals surface area contributed by atoms with Gasteiger partial charge in [-0.2, -0.15) is 79.0 Å². The number of halogens is 18. The molecule has 0 aliphatic heterocycles. The van der Waals surface area contributed by atoms with Gasteiger partial charge in [0.15, 0.2) is 0 Å². The molecule has 0 aromatic heterocycles. The molecule has 7 nitrogen and oxygen atoms in total. The maximum atomic E-state index is 11.4. The van der Waals surface area contributed by atoms with Gasteiger partial charge >= 0.3 is 37.1 Å². The molecule has 0 amide bonds. The van der Waals surface area contributed by atoms with Crippen LogP contribution < -0.4 is 0 Å². The quantitative estimate of drug-likeness (QED) is 0.198. The standard InChI is InChI=1S/3C5H2F6O2.H2O.Y/c3*6-4(7,8)2(12)1-3(13)5(9,10)11;;/h3*1,12H;1H2;. The minimum atomic E-state index is -5.42. The predicted molar refractivity (Wildman–Crippen MR) is 87.1 cm³/mol. The Kier molecular flexibility index (Phi) is 19.7. The van der Waals surface area contributed by atoms with E-state index < -0.39 is 89.9 Å². The van der Waals surface area contributed by atoms with Crippen LogP contribution in [0.2, 0.25) is 0 Å². The summed E-state index contributed by atoms with van der Waals surface area (Å²) in [5.74, 6) is -16.0. The first-order chi connectivity index (χ1) is 16.6. The summed E-state index contributed by atoms with van der Waals surface area (Å²) in [6, 6.07) is 0. The van der Waals surface area contributed by atoms with Crippen molar-refractivity contribution in [1.29, 1.82) is 0 Å². The van der Waals surface area contributed by atoms with Gasteiger partial charge in [-0.15, -0.1) is 0 Å². The second-order valence-corrected chi connectivity index (χ2v) is 5.67. The fourth-order valence-corrected chi connectivity index (χ4v) is 0.864. The van der Waals surface area contributed by atoms with Gasteiger partial charge in [-0.3, -0.25) is 14.4 Å². The molecule has 0 aromatic carbocycles. The van der Waals surface area contributed by atoms with Crippen molar-refractivity contribution < 1.29 is 147 Å². The van der Waals surface area contributed by atoms with Gasteiger partial charge in [0.05, 0.1) is 0 Å². The molecule has 0 saturated heterocycles. The van der Waals surface area contributed by atoms with Crippen LogP contribution in [0.1, 0.15) is 0 Å². The third kappa shape index (κ3) is 22.8. The summed E-state index contributed by atoms with van der Waals surface area (Å²) in [5, 5.41) is 23.8. The molecule has 0 unspecified atom stereocenters. The number of ketones is 3. The Morgan fingerprint density at radius 2 is 0.488 bits per heavy atom. The van der Waals surface area contributed by atoms with E-state index in [1.54, 1.807) is 0 Å². The molecule has 0 saturated carbocycles. The molecule has 0 spiro atoms. The van der Waals surface area contributed by atoms with Gasteiger partial charge in [-0.05, 0) is 0 Å². The van der Waals surface area contributed by atoms with Gasteiger partial charge in [-0.25, -0.2) is 0 Å². The van der Waals surface area contributed by atoms with Crippen LogP contribution in [0.15, 0.2) is 35.5 Å². The first-order valence-electron chi connectivity index (χ1n) is 7.92. The number of rotatable bonds is 3. The average Bonchev–Trinajstić information content (AvgIpc) is 2.64. The molecule has 0 heterocycles. The van der Waals surface area contributed by atoms with Crippen LogP contribution in [0.4, 0.5) is 79.0 Å². The second kappa shape index (κ2) is 16.8. The van der Waals surface area contributed by atoms with Crippen LogP contribution in [0.3, 0.4) is 0 Å². The number of hydrogen-bond donors (Lipinski definition) is 3. The molecule has 0 aromatic rings. The summed E-state index contributed by atoms with van der Waals surface area (Å²) in [5.41, 5.74) is 0. The van der Waals surface area contributed by atoms with Crippen LogP contribution >= 0.6 is 0 Å². The van der Waals surface area contributed by atoms with Crippen molar-refractivity contribution in [3.05, 3.63) is 35.5 Å². The Bertz CT molecular complexity index is 836. The molecule has 0 aliphatic rings. The van der Waals surface area contributed by atoms with Crippen molar-refractivity contribution >= 4 is 17.3 Å². The van der Waals surface area contributed by atoms with E-state index in [0.29, 0.717) is 0 Å². The molecule has 0 bridgehead atoms. The monoisotopic (exact) mass is 731 g/mol. The summed E-state index contributed by atoms with van der Waals surface area (Å²) in [6.07, 6.45) is -35.0. The molecule has 1 radical (unpaired) electrons. The van der Waals surface area contributed by atoms with Crippen LogP contribution in [-0.4, -0.2) is 75.2 Å². The summed E-state index contributed by atoms with van der Waals surface area (Å²) in [7, 11) is 0. The van der Waals surface area contributed by atoms with E-state index in [4.69, 9.17) is 15.3 Å². The molecule has 0 aliphatic carbocycles. The van der Waals surface area contributed by atoms with Gasteiger partial charge in [0.2, 0.25) is 17.3 Å². The Morgan fingerprint density at radius 1 is 0.366 bits per heavy atom. The molecular weight excluding hydrogens is 723 g/mol. The fraction of sp³-hybridized carbons (Fsp3) is 0.400. The van der Waals surface area contributed by atoms with Gasteiger partial charge in [0.25, 0.3) is 17.3 Å². The fourth-order valence-electron chi connectivity index (χ4n) is 0.864. The molecule has 26 heteroatoms. The zero-order chi connectivity index (χ0) is 32.6. The first kappa shape index (κ1) is 48.2. The van der Waals surface area contributed by atoms with Crippen LogP contribution in [0, 0.1) is 0 Å². The summed E-state index contributed by atoms with van der Waals surface area (Å²) in [4.78, 5) is 29.6. The maximum absolute atomic E-state index is 11.4. The molecule has 239 valence electrons. The number of aliphatic hydroxyl groups excluding tert-OH is 3. The van der Waals surface area contributed by atoms with Crippen LogP contribution in [0.5, 0.6) is 0 Å². The minimum Gasteiger partial charge on any atom is -0.504 e. The molecule has 41 heavy (non-hydrogen) atoms. The van der Waals surface area contributed by atoms with E-state index in [2.05, 4.69) is 0 Å². The Labute approximate surface area is 237 Å². The van der Waals surface area contributed by atoms with Crippen molar-refractivity contribution in [2.45, 2.75) is 37.1 Å². The zero-order valence-corrected chi connectivity index (χ0v) is 21.0. The normalized spacial score (nSPS) is 13.8. The smallest absolute Gasteiger partial charge is 0.454 e. The van der Waals surface area contributed by atoms with Crippen LogP contribution in [-0.2, 0) is 47.1 Å². The van der Waals surface area contributed by atoms with Crippen LogP contribution in [0.25, 0.3) is 0 Å². The Balaban J connectivity index is -0.000000154. The van der Waals surface area contributed by atoms with Gasteiger partial charge < -0.3 is 20.8 Å². The Hall–Kier alpha value is -2.57. The summed E-state index contributed by atoms with van der Waals surface area (Å²) >= 11 is 0. The van der Waals surface area contributed by atoms with Gasteiger partial charge in [0, 0.05) is 50.9 Å². The van der Waals surface area contributed by atoms with Gasteiger partial charge in [0.1, 0.15) is 0 Å². The summed E-state index contributed by atoms with van der Waals surface area (Å²) < 4.78 is 204. The molecular formula is C15H8F18O7Y. The van der Waals surface area contributed by atoms with E-state index in [-0.39, 0.29) is 38.2 Å². The van der Waals surface area contributed by atoms with Crippen molar-refractivity contribution in [3.63, 3.8) is 0 Å². The Morgan fingerprint density at radius 3 is 0.561 bits per heavy atom. The largest absolute Gasteiger partial charge is 0.504 e. The van der Waals surface area contributed by atoms with E-state index in [0.717, 1.165) is 0 Å².